The van der Waals surface area contributed by atoms with Crippen LogP contribution in [-0.4, -0.2) is 34.2 Å². The van der Waals surface area contributed by atoms with Crippen LogP contribution in [0.5, 0.6) is 0 Å². The van der Waals surface area contributed by atoms with Gasteiger partial charge in [-0.3, -0.25) is 0 Å². The van der Waals surface area contributed by atoms with Gasteiger partial charge >= 0.3 is 0 Å². The second kappa shape index (κ2) is 5.59. The molecule has 1 aromatic rings. The zero-order valence-electron chi connectivity index (χ0n) is 10.1. The van der Waals surface area contributed by atoms with E-state index in [1.165, 1.54) is 24.3 Å². The topological polar surface area (TPSA) is 68.3 Å². The van der Waals surface area contributed by atoms with Crippen LogP contribution in [0.25, 0.3) is 0 Å². The largest absolute Gasteiger partial charge is 0.224 e. The predicted octanol–water partition coefficient (Wildman–Crippen LogP) is 1.88. The average Bonchev–Trinajstić information content (AvgIpc) is 2.28. The van der Waals surface area contributed by atoms with E-state index in [1.807, 2.05) is 0 Å². The van der Waals surface area contributed by atoms with Crippen molar-refractivity contribution in [1.82, 2.24) is 0 Å². The molecule has 0 aliphatic rings. The number of rotatable bonds is 5. The molecule has 1 aromatic carbocycles. The molecule has 0 saturated heterocycles. The molecule has 1 unspecified atom stereocenters. The van der Waals surface area contributed by atoms with Crippen molar-refractivity contribution in [3.05, 3.63) is 24.3 Å². The lowest BCUT2D eigenvalue weighted by Gasteiger charge is -2.11. The number of halogens is 1. The van der Waals surface area contributed by atoms with Gasteiger partial charge in [-0.2, -0.15) is 0 Å². The molecule has 0 aromatic heterocycles. The van der Waals surface area contributed by atoms with Gasteiger partial charge in [0.1, 0.15) is 0 Å². The second-order valence-electron chi connectivity index (χ2n) is 4.08. The van der Waals surface area contributed by atoms with E-state index in [4.69, 9.17) is 11.6 Å². The van der Waals surface area contributed by atoms with Crippen LogP contribution in [0.2, 0.25) is 0 Å². The maximum Gasteiger partial charge on any atom is 0.180 e. The quantitative estimate of drug-likeness (QED) is 0.779. The monoisotopic (exact) mass is 310 g/mol. The molecule has 0 fully saturated rings. The first kappa shape index (κ1) is 15.5. The molecule has 0 saturated carbocycles. The van der Waals surface area contributed by atoms with Gasteiger partial charge in [-0.05, 0) is 37.6 Å². The van der Waals surface area contributed by atoms with Gasteiger partial charge < -0.3 is 0 Å². The second-order valence-corrected chi connectivity index (χ2v) is 8.84. The van der Waals surface area contributed by atoms with Crippen molar-refractivity contribution >= 4 is 31.3 Å². The SMILES string of the molecule is CC(CCCl)S(=O)(=O)c1ccc(S(C)(=O)=O)cc1. The summed E-state index contributed by atoms with van der Waals surface area (Å²) in [6, 6.07) is 5.23. The first-order valence-electron chi connectivity index (χ1n) is 5.29. The van der Waals surface area contributed by atoms with E-state index in [2.05, 4.69) is 0 Å². The fraction of sp³-hybridized carbons (Fsp3) is 0.455. The fourth-order valence-corrected chi connectivity index (χ4v) is 3.91. The Morgan fingerprint density at radius 2 is 1.50 bits per heavy atom. The molecule has 7 heteroatoms. The van der Waals surface area contributed by atoms with Gasteiger partial charge in [-0.25, -0.2) is 16.8 Å². The van der Waals surface area contributed by atoms with E-state index in [1.54, 1.807) is 6.92 Å². The Morgan fingerprint density at radius 3 is 1.89 bits per heavy atom. The molecule has 0 aliphatic heterocycles. The number of hydrogen-bond donors (Lipinski definition) is 0. The summed E-state index contributed by atoms with van der Waals surface area (Å²) in [6.07, 6.45) is 1.43. The van der Waals surface area contributed by atoms with Crippen molar-refractivity contribution in [2.75, 3.05) is 12.1 Å². The van der Waals surface area contributed by atoms with E-state index in [-0.39, 0.29) is 15.7 Å². The summed E-state index contributed by atoms with van der Waals surface area (Å²) in [7, 11) is -6.75. The van der Waals surface area contributed by atoms with E-state index < -0.39 is 24.9 Å². The zero-order chi connectivity index (χ0) is 14.0. The maximum atomic E-state index is 12.1. The summed E-state index contributed by atoms with van der Waals surface area (Å²) in [6.45, 7) is 1.59. The Labute approximate surface area is 113 Å². The van der Waals surface area contributed by atoms with E-state index in [9.17, 15) is 16.8 Å². The smallest absolute Gasteiger partial charge is 0.180 e. The van der Waals surface area contributed by atoms with E-state index in [0.29, 0.717) is 6.42 Å². The summed E-state index contributed by atoms with van der Waals surface area (Å²) in [5.74, 6) is 0.266. The molecule has 0 radical (unpaired) electrons. The third-order valence-electron chi connectivity index (χ3n) is 2.63. The lowest BCUT2D eigenvalue weighted by Crippen LogP contribution is -2.18. The van der Waals surface area contributed by atoms with Gasteiger partial charge in [0.15, 0.2) is 19.7 Å². The van der Waals surface area contributed by atoms with Crippen molar-refractivity contribution in [2.45, 2.75) is 28.4 Å². The van der Waals surface area contributed by atoms with Crippen molar-refractivity contribution in [3.8, 4) is 0 Å². The molecule has 1 atom stereocenters. The lowest BCUT2D eigenvalue weighted by molar-refractivity contribution is 0.580. The Morgan fingerprint density at radius 1 is 1.06 bits per heavy atom. The van der Waals surface area contributed by atoms with Crippen molar-refractivity contribution in [3.63, 3.8) is 0 Å². The van der Waals surface area contributed by atoms with Gasteiger partial charge in [0.05, 0.1) is 15.0 Å². The average molecular weight is 311 g/mol. The number of sulfone groups is 2. The van der Waals surface area contributed by atoms with E-state index in [0.717, 1.165) is 6.26 Å². The van der Waals surface area contributed by atoms with Crippen LogP contribution in [0.4, 0.5) is 0 Å². The van der Waals surface area contributed by atoms with Crippen LogP contribution in [-0.2, 0) is 19.7 Å². The predicted molar refractivity (Wildman–Crippen MR) is 71.5 cm³/mol. The molecule has 1 rings (SSSR count). The molecule has 0 amide bonds. The van der Waals surface area contributed by atoms with Crippen molar-refractivity contribution in [2.24, 2.45) is 0 Å². The molecule has 18 heavy (non-hydrogen) atoms. The molecule has 102 valence electrons. The summed E-state index contributed by atoms with van der Waals surface area (Å²) in [5, 5.41) is -0.584. The van der Waals surface area contributed by atoms with Crippen LogP contribution >= 0.6 is 11.6 Å². The standard InChI is InChI=1S/C11H15ClO4S2/c1-9(7-8-12)18(15,16)11-5-3-10(4-6-11)17(2,13)14/h3-6,9H,7-8H2,1-2H3. The Bertz CT molecular complexity index is 603. The molecular formula is C11H15ClO4S2. The van der Waals surface area contributed by atoms with Crippen molar-refractivity contribution in [1.29, 1.82) is 0 Å². The first-order chi connectivity index (χ1) is 8.19. The Balaban J connectivity index is 3.13. The number of alkyl halides is 1. The Hall–Kier alpha value is -0.590. The normalized spacial score (nSPS) is 14.4. The number of benzene rings is 1. The van der Waals surface area contributed by atoms with Crippen LogP contribution in [0, 0.1) is 0 Å². The molecular weight excluding hydrogens is 296 g/mol. The summed E-state index contributed by atoms with van der Waals surface area (Å²) in [4.78, 5) is 0.221. The van der Waals surface area contributed by atoms with Gasteiger partial charge in [0.25, 0.3) is 0 Å². The molecule has 0 bridgehead atoms. The molecule has 4 nitrogen and oxygen atoms in total. The zero-order valence-corrected chi connectivity index (χ0v) is 12.5. The third kappa shape index (κ3) is 3.46. The van der Waals surface area contributed by atoms with Crippen LogP contribution in [0.15, 0.2) is 34.1 Å². The lowest BCUT2D eigenvalue weighted by atomic mass is 10.4. The Kier molecular flexibility index (Phi) is 4.80. The minimum absolute atomic E-state index is 0.103. The van der Waals surface area contributed by atoms with Gasteiger partial charge in [-0.15, -0.1) is 11.6 Å². The number of hydrogen-bond acceptors (Lipinski definition) is 4. The maximum absolute atomic E-state index is 12.1. The minimum Gasteiger partial charge on any atom is -0.224 e. The summed E-state index contributed by atoms with van der Waals surface area (Å²) < 4.78 is 46.7. The van der Waals surface area contributed by atoms with Gasteiger partial charge in [0.2, 0.25) is 0 Å². The summed E-state index contributed by atoms with van der Waals surface area (Å²) >= 11 is 5.53. The molecule has 0 N–H and O–H groups in total. The molecule has 0 aliphatic carbocycles. The van der Waals surface area contributed by atoms with Crippen LogP contribution < -0.4 is 0 Å². The highest BCUT2D eigenvalue weighted by molar-refractivity contribution is 7.92. The highest BCUT2D eigenvalue weighted by Crippen LogP contribution is 2.20. The first-order valence-corrected chi connectivity index (χ1v) is 9.27. The van der Waals surface area contributed by atoms with Crippen LogP contribution in [0.1, 0.15) is 13.3 Å². The summed E-state index contributed by atoms with van der Waals surface area (Å²) in [5.41, 5.74) is 0. The fourth-order valence-electron chi connectivity index (χ4n) is 1.42. The third-order valence-corrected chi connectivity index (χ3v) is 6.20. The molecule has 0 heterocycles. The van der Waals surface area contributed by atoms with E-state index >= 15 is 0 Å². The van der Waals surface area contributed by atoms with Gasteiger partial charge in [-0.1, -0.05) is 0 Å². The van der Waals surface area contributed by atoms with Crippen LogP contribution in [0.3, 0.4) is 0 Å². The highest BCUT2D eigenvalue weighted by atomic mass is 35.5. The minimum atomic E-state index is -3.44. The molecule has 0 spiro atoms. The van der Waals surface area contributed by atoms with Crippen molar-refractivity contribution < 1.29 is 16.8 Å². The van der Waals surface area contributed by atoms with Gasteiger partial charge in [0, 0.05) is 12.1 Å². The highest BCUT2D eigenvalue weighted by Gasteiger charge is 2.23.